The maximum absolute atomic E-state index is 5.56. The van der Waals surface area contributed by atoms with Gasteiger partial charge in [0.2, 0.25) is 5.88 Å². The summed E-state index contributed by atoms with van der Waals surface area (Å²) in [6.45, 7) is 12.4. The second-order valence-corrected chi connectivity index (χ2v) is 4.23. The van der Waals surface area contributed by atoms with Crippen LogP contribution >= 0.6 is 0 Å². The van der Waals surface area contributed by atoms with Gasteiger partial charge in [-0.15, -0.1) is 6.58 Å². The third kappa shape index (κ3) is 5.00. The molecule has 1 N–H and O–H groups in total. The molecule has 0 radical (unpaired) electrons. The zero-order valence-electron chi connectivity index (χ0n) is 11.0. The Morgan fingerprint density at radius 2 is 2.24 bits per heavy atom. The van der Waals surface area contributed by atoms with Gasteiger partial charge >= 0.3 is 0 Å². The van der Waals surface area contributed by atoms with Gasteiger partial charge < -0.3 is 10.1 Å². The van der Waals surface area contributed by atoms with E-state index in [9.17, 15) is 0 Å². The number of aryl methyl sites for hydroxylation is 1. The van der Waals surface area contributed by atoms with Crippen LogP contribution < -0.4 is 10.1 Å². The van der Waals surface area contributed by atoms with Crippen molar-refractivity contribution < 1.29 is 4.74 Å². The van der Waals surface area contributed by atoms with Crippen LogP contribution in [-0.2, 0) is 6.54 Å². The summed E-state index contributed by atoms with van der Waals surface area (Å²) < 4.78 is 5.56. The predicted molar refractivity (Wildman–Crippen MR) is 71.3 cm³/mol. The van der Waals surface area contributed by atoms with E-state index in [2.05, 4.69) is 29.9 Å². The topological polar surface area (TPSA) is 34.1 Å². The Morgan fingerprint density at radius 1 is 1.47 bits per heavy atom. The third-order valence-corrected chi connectivity index (χ3v) is 2.51. The quantitative estimate of drug-likeness (QED) is 0.737. The molecule has 1 rings (SSSR count). The van der Waals surface area contributed by atoms with Gasteiger partial charge in [0.05, 0.1) is 6.61 Å². The highest BCUT2D eigenvalue weighted by Crippen LogP contribution is 2.13. The summed E-state index contributed by atoms with van der Waals surface area (Å²) in [7, 11) is 0. The van der Waals surface area contributed by atoms with E-state index < -0.39 is 0 Å². The average Bonchev–Trinajstić information content (AvgIpc) is 2.27. The zero-order valence-corrected chi connectivity index (χ0v) is 11.0. The number of hydrogen-bond donors (Lipinski definition) is 1. The van der Waals surface area contributed by atoms with Gasteiger partial charge in [-0.25, -0.2) is 4.98 Å². The molecule has 3 heteroatoms. The lowest BCUT2D eigenvalue weighted by Crippen LogP contribution is -2.13. The first-order valence-electron chi connectivity index (χ1n) is 6.08. The highest BCUT2D eigenvalue weighted by atomic mass is 16.5. The molecule has 0 saturated carbocycles. The molecule has 0 spiro atoms. The fourth-order valence-corrected chi connectivity index (χ4v) is 1.42. The monoisotopic (exact) mass is 234 g/mol. The van der Waals surface area contributed by atoms with Crippen LogP contribution in [0.15, 0.2) is 24.3 Å². The van der Waals surface area contributed by atoms with E-state index in [0.29, 0.717) is 12.5 Å². The summed E-state index contributed by atoms with van der Waals surface area (Å²) >= 11 is 0. The molecule has 1 aromatic rings. The predicted octanol–water partition coefficient (Wildman–Crippen LogP) is 2.84. The number of rotatable bonds is 7. The van der Waals surface area contributed by atoms with Crippen LogP contribution in [0.4, 0.5) is 0 Å². The summed E-state index contributed by atoms with van der Waals surface area (Å²) in [5.41, 5.74) is 3.38. The molecular weight excluding hydrogens is 212 g/mol. The van der Waals surface area contributed by atoms with E-state index in [4.69, 9.17) is 4.74 Å². The highest BCUT2D eigenvalue weighted by Gasteiger charge is 2.02. The van der Waals surface area contributed by atoms with Gasteiger partial charge in [-0.2, -0.15) is 0 Å². The molecule has 0 unspecified atom stereocenters. The molecule has 0 aromatic carbocycles. The van der Waals surface area contributed by atoms with Gasteiger partial charge in [0, 0.05) is 24.7 Å². The largest absolute Gasteiger partial charge is 0.477 e. The molecule has 0 atom stereocenters. The number of nitrogens with one attached hydrogen (secondary N) is 1. The second-order valence-electron chi connectivity index (χ2n) is 4.23. The number of hydrogen-bond acceptors (Lipinski definition) is 3. The highest BCUT2D eigenvalue weighted by molar-refractivity contribution is 5.24. The molecule has 94 valence electrons. The van der Waals surface area contributed by atoms with Crippen LogP contribution in [-0.4, -0.2) is 18.1 Å². The fourth-order valence-electron chi connectivity index (χ4n) is 1.42. The van der Waals surface area contributed by atoms with Crippen molar-refractivity contribution in [2.24, 2.45) is 0 Å². The Balaban J connectivity index is 2.52. The minimum Gasteiger partial charge on any atom is -0.477 e. The first-order valence-corrected chi connectivity index (χ1v) is 6.08. The fraction of sp³-hybridized carbons (Fsp3) is 0.500. The number of aromatic nitrogens is 1. The average molecular weight is 234 g/mol. The van der Waals surface area contributed by atoms with Gasteiger partial charge in [-0.05, 0) is 26.0 Å². The molecule has 0 amide bonds. The smallest absolute Gasteiger partial charge is 0.213 e. The lowest BCUT2D eigenvalue weighted by atomic mass is 10.2. The Labute approximate surface area is 104 Å². The summed E-state index contributed by atoms with van der Waals surface area (Å²) in [6.07, 6.45) is 0.875. The first kappa shape index (κ1) is 13.7. The minimum atomic E-state index is 0.647. The molecule has 0 aliphatic rings. The van der Waals surface area contributed by atoms with Crippen molar-refractivity contribution in [1.29, 1.82) is 0 Å². The van der Waals surface area contributed by atoms with E-state index in [1.165, 1.54) is 5.56 Å². The van der Waals surface area contributed by atoms with E-state index in [1.54, 1.807) is 0 Å². The molecule has 0 aliphatic heterocycles. The number of nitrogens with zero attached hydrogens (tertiary/aromatic N) is 1. The third-order valence-electron chi connectivity index (χ3n) is 2.51. The van der Waals surface area contributed by atoms with Crippen LogP contribution in [0.5, 0.6) is 5.88 Å². The van der Waals surface area contributed by atoms with Crippen molar-refractivity contribution in [3.8, 4) is 5.88 Å². The molecule has 0 bridgehead atoms. The zero-order chi connectivity index (χ0) is 12.7. The Bertz CT molecular complexity index is 374. The van der Waals surface area contributed by atoms with Gasteiger partial charge in [0.25, 0.3) is 0 Å². The van der Waals surface area contributed by atoms with E-state index in [0.717, 1.165) is 30.8 Å². The molecule has 0 fully saturated rings. The van der Waals surface area contributed by atoms with Crippen LogP contribution in [0.25, 0.3) is 0 Å². The van der Waals surface area contributed by atoms with E-state index in [-0.39, 0.29) is 0 Å². The SMILES string of the molecule is C=C(C)CCOc1ccc(CNCC)c(C)n1. The van der Waals surface area contributed by atoms with Crippen LogP contribution in [0, 0.1) is 6.92 Å². The van der Waals surface area contributed by atoms with Gasteiger partial charge in [-0.3, -0.25) is 0 Å². The first-order chi connectivity index (χ1) is 8.13. The second kappa shape index (κ2) is 7.07. The lowest BCUT2D eigenvalue weighted by molar-refractivity contribution is 0.308. The normalized spacial score (nSPS) is 10.3. The van der Waals surface area contributed by atoms with E-state index in [1.807, 2.05) is 19.9 Å². The lowest BCUT2D eigenvalue weighted by Gasteiger charge is -2.09. The maximum atomic E-state index is 5.56. The van der Waals surface area contributed by atoms with Crippen LogP contribution in [0.1, 0.15) is 31.5 Å². The van der Waals surface area contributed by atoms with Crippen molar-refractivity contribution in [3.63, 3.8) is 0 Å². The van der Waals surface area contributed by atoms with Gasteiger partial charge in [0.15, 0.2) is 0 Å². The Morgan fingerprint density at radius 3 is 2.82 bits per heavy atom. The summed E-state index contributed by atoms with van der Waals surface area (Å²) in [5.74, 6) is 0.698. The number of pyridine rings is 1. The minimum absolute atomic E-state index is 0.647. The molecule has 1 aromatic heterocycles. The molecule has 0 saturated heterocycles. The van der Waals surface area contributed by atoms with Crippen molar-refractivity contribution in [2.45, 2.75) is 33.7 Å². The van der Waals surface area contributed by atoms with Gasteiger partial charge in [-0.1, -0.05) is 18.6 Å². The van der Waals surface area contributed by atoms with E-state index >= 15 is 0 Å². The van der Waals surface area contributed by atoms with Crippen molar-refractivity contribution in [2.75, 3.05) is 13.2 Å². The summed E-state index contributed by atoms with van der Waals surface area (Å²) in [5, 5.41) is 3.29. The van der Waals surface area contributed by atoms with Crippen molar-refractivity contribution in [3.05, 3.63) is 35.5 Å². The van der Waals surface area contributed by atoms with Crippen LogP contribution in [0.2, 0.25) is 0 Å². The summed E-state index contributed by atoms with van der Waals surface area (Å²) in [4.78, 5) is 4.43. The van der Waals surface area contributed by atoms with Crippen LogP contribution in [0.3, 0.4) is 0 Å². The molecule has 0 aliphatic carbocycles. The molecule has 1 heterocycles. The molecular formula is C14H22N2O. The number of ether oxygens (including phenoxy) is 1. The van der Waals surface area contributed by atoms with Gasteiger partial charge in [0.1, 0.15) is 0 Å². The summed E-state index contributed by atoms with van der Waals surface area (Å²) in [6, 6.07) is 4.00. The standard InChI is InChI=1S/C14H22N2O/c1-5-15-10-13-6-7-14(16-12(13)4)17-9-8-11(2)3/h6-7,15H,2,5,8-10H2,1,3-4H3. The molecule has 3 nitrogen and oxygen atoms in total. The van der Waals surface area contributed by atoms with Crippen molar-refractivity contribution >= 4 is 0 Å². The Kier molecular flexibility index (Phi) is 5.70. The van der Waals surface area contributed by atoms with Crippen molar-refractivity contribution in [1.82, 2.24) is 10.3 Å². The Hall–Kier alpha value is -1.35. The molecule has 17 heavy (non-hydrogen) atoms. The maximum Gasteiger partial charge on any atom is 0.213 e.